The summed E-state index contributed by atoms with van der Waals surface area (Å²) in [6.45, 7) is 0.843. The molecule has 0 bridgehead atoms. The summed E-state index contributed by atoms with van der Waals surface area (Å²) < 4.78 is 64.5. The lowest BCUT2D eigenvalue weighted by atomic mass is 10.2. The van der Waals surface area contributed by atoms with E-state index in [0.717, 1.165) is 16.4 Å². The second-order valence-corrected chi connectivity index (χ2v) is 6.87. The lowest BCUT2D eigenvalue weighted by Crippen LogP contribution is -2.57. The molecule has 1 aliphatic heterocycles. The van der Waals surface area contributed by atoms with E-state index in [9.17, 15) is 21.6 Å². The zero-order valence-electron chi connectivity index (χ0n) is 10.4. The molecule has 1 heterocycles. The minimum Gasteiger partial charge on any atom is -0.313 e. The van der Waals surface area contributed by atoms with Crippen molar-refractivity contribution < 1.29 is 21.6 Å². The van der Waals surface area contributed by atoms with Crippen LogP contribution in [0.1, 0.15) is 5.56 Å². The molecule has 1 N–H and O–H groups in total. The van der Waals surface area contributed by atoms with Gasteiger partial charge in [-0.3, -0.25) is 0 Å². The zero-order valence-corrected chi connectivity index (χ0v) is 12.0. The highest BCUT2D eigenvalue weighted by molar-refractivity contribution is 7.89. The lowest BCUT2D eigenvalue weighted by Gasteiger charge is -2.35. The van der Waals surface area contributed by atoms with Crippen molar-refractivity contribution in [3.8, 4) is 0 Å². The number of nitrogens with one attached hydrogen (secondary N) is 1. The van der Waals surface area contributed by atoms with Crippen LogP contribution in [0.4, 0.5) is 13.2 Å². The highest BCUT2D eigenvalue weighted by Gasteiger charge is 2.40. The van der Waals surface area contributed by atoms with E-state index >= 15 is 0 Å². The number of alkyl halides is 3. The average molecular weight is 329 g/mol. The number of hydrogen-bond donors (Lipinski definition) is 1. The predicted molar refractivity (Wildman–Crippen MR) is 68.1 cm³/mol. The van der Waals surface area contributed by atoms with Crippen molar-refractivity contribution in [1.29, 1.82) is 0 Å². The Bertz CT molecular complexity index is 615. The number of halogens is 4. The van der Waals surface area contributed by atoms with Crippen molar-refractivity contribution in [1.82, 2.24) is 9.62 Å². The summed E-state index contributed by atoms with van der Waals surface area (Å²) >= 11 is 5.54. The number of hydrogen-bond acceptors (Lipinski definition) is 3. The van der Waals surface area contributed by atoms with E-state index < -0.39 is 26.7 Å². The van der Waals surface area contributed by atoms with Crippen LogP contribution in [-0.4, -0.2) is 38.9 Å². The van der Waals surface area contributed by atoms with E-state index in [-0.39, 0.29) is 11.1 Å². The SMILES string of the molecule is CN(C1CNC1)S(=O)(=O)c1ccc(Cl)cc1C(F)(F)F. The van der Waals surface area contributed by atoms with Gasteiger partial charge in [-0.05, 0) is 18.2 Å². The molecule has 0 unspecified atom stereocenters. The number of benzene rings is 1. The van der Waals surface area contributed by atoms with E-state index in [1.165, 1.54) is 7.05 Å². The monoisotopic (exact) mass is 328 g/mol. The molecule has 20 heavy (non-hydrogen) atoms. The maximum absolute atomic E-state index is 13.0. The fourth-order valence-corrected chi connectivity index (χ4v) is 3.55. The van der Waals surface area contributed by atoms with E-state index in [2.05, 4.69) is 5.32 Å². The quantitative estimate of drug-likeness (QED) is 0.922. The smallest absolute Gasteiger partial charge is 0.313 e. The zero-order chi connectivity index (χ0) is 15.1. The number of rotatable bonds is 3. The third kappa shape index (κ3) is 2.78. The van der Waals surface area contributed by atoms with Gasteiger partial charge in [0.1, 0.15) is 0 Å². The molecule has 112 valence electrons. The maximum Gasteiger partial charge on any atom is 0.417 e. The van der Waals surface area contributed by atoms with Crippen molar-refractivity contribution in [3.05, 3.63) is 28.8 Å². The molecule has 0 atom stereocenters. The van der Waals surface area contributed by atoms with E-state index in [1.54, 1.807) is 0 Å². The third-order valence-corrected chi connectivity index (χ3v) is 5.38. The van der Waals surface area contributed by atoms with Gasteiger partial charge in [-0.25, -0.2) is 8.42 Å². The first-order valence-corrected chi connectivity index (χ1v) is 7.51. The Balaban J connectivity index is 2.51. The molecule has 1 aliphatic rings. The van der Waals surface area contributed by atoms with Gasteiger partial charge in [0.15, 0.2) is 0 Å². The number of sulfonamides is 1. The van der Waals surface area contributed by atoms with Crippen LogP contribution in [-0.2, 0) is 16.2 Å². The maximum atomic E-state index is 13.0. The fourth-order valence-electron chi connectivity index (χ4n) is 1.83. The molecule has 0 amide bonds. The molecule has 1 aromatic carbocycles. The second-order valence-electron chi connectivity index (χ2n) is 4.47. The van der Waals surface area contributed by atoms with Crippen LogP contribution in [0.3, 0.4) is 0 Å². The Labute approximate surface area is 119 Å². The summed E-state index contributed by atoms with van der Waals surface area (Å²) in [5.41, 5.74) is -1.25. The van der Waals surface area contributed by atoms with Gasteiger partial charge in [-0.2, -0.15) is 17.5 Å². The van der Waals surface area contributed by atoms with Gasteiger partial charge in [-0.1, -0.05) is 11.6 Å². The summed E-state index contributed by atoms with van der Waals surface area (Å²) in [6, 6.07) is 2.32. The standard InChI is InChI=1S/C11H12ClF3N2O2S/c1-17(8-5-16-6-8)20(18,19)10-3-2-7(12)4-9(10)11(13,14)15/h2-4,8,16H,5-6H2,1H3. The van der Waals surface area contributed by atoms with Crippen molar-refractivity contribution in [2.45, 2.75) is 17.1 Å². The minimum atomic E-state index is -4.79. The molecule has 4 nitrogen and oxygen atoms in total. The number of nitrogens with zero attached hydrogens (tertiary/aromatic N) is 1. The van der Waals surface area contributed by atoms with Gasteiger partial charge in [0.25, 0.3) is 0 Å². The molecule has 9 heteroatoms. The minimum absolute atomic E-state index is 0.163. The molecule has 0 saturated carbocycles. The van der Waals surface area contributed by atoms with Crippen molar-refractivity contribution >= 4 is 21.6 Å². The average Bonchev–Trinajstić information content (AvgIpc) is 2.24. The molecular weight excluding hydrogens is 317 g/mol. The summed E-state index contributed by atoms with van der Waals surface area (Å²) in [5.74, 6) is 0. The fraction of sp³-hybridized carbons (Fsp3) is 0.455. The highest BCUT2D eigenvalue weighted by atomic mass is 35.5. The summed E-state index contributed by atoms with van der Waals surface area (Å²) in [6.07, 6.45) is -4.79. The Kier molecular flexibility index (Phi) is 4.03. The van der Waals surface area contributed by atoms with Gasteiger partial charge >= 0.3 is 6.18 Å². The molecular formula is C11H12ClF3N2O2S. The van der Waals surface area contributed by atoms with E-state index in [1.807, 2.05) is 0 Å². The Morgan fingerprint density at radius 3 is 2.40 bits per heavy atom. The summed E-state index contributed by atoms with van der Waals surface area (Å²) in [5, 5.41) is 2.71. The molecule has 0 aliphatic carbocycles. The lowest BCUT2D eigenvalue weighted by molar-refractivity contribution is -0.139. The molecule has 1 aromatic rings. The Morgan fingerprint density at radius 2 is 1.95 bits per heavy atom. The first kappa shape index (κ1) is 15.6. The third-order valence-electron chi connectivity index (χ3n) is 3.18. The molecule has 0 radical (unpaired) electrons. The van der Waals surface area contributed by atoms with Gasteiger partial charge < -0.3 is 5.32 Å². The Hall–Kier alpha value is -0.830. The first-order chi connectivity index (χ1) is 9.14. The van der Waals surface area contributed by atoms with E-state index in [0.29, 0.717) is 19.2 Å². The van der Waals surface area contributed by atoms with Gasteiger partial charge in [0, 0.05) is 31.2 Å². The van der Waals surface area contributed by atoms with Crippen LogP contribution in [0.5, 0.6) is 0 Å². The predicted octanol–water partition coefficient (Wildman–Crippen LogP) is 1.95. The van der Waals surface area contributed by atoms with Crippen molar-refractivity contribution in [2.75, 3.05) is 20.1 Å². The van der Waals surface area contributed by atoms with Gasteiger partial charge in [0.2, 0.25) is 10.0 Å². The summed E-state index contributed by atoms with van der Waals surface area (Å²) in [4.78, 5) is -0.774. The van der Waals surface area contributed by atoms with Crippen LogP contribution in [0.15, 0.2) is 23.1 Å². The first-order valence-electron chi connectivity index (χ1n) is 5.69. The van der Waals surface area contributed by atoms with Crippen LogP contribution >= 0.6 is 11.6 Å². The van der Waals surface area contributed by atoms with Crippen molar-refractivity contribution in [3.63, 3.8) is 0 Å². The second kappa shape index (κ2) is 5.18. The van der Waals surface area contributed by atoms with Crippen molar-refractivity contribution in [2.24, 2.45) is 0 Å². The van der Waals surface area contributed by atoms with Crippen LogP contribution < -0.4 is 5.32 Å². The largest absolute Gasteiger partial charge is 0.417 e. The highest BCUT2D eigenvalue weighted by Crippen LogP contribution is 2.37. The van der Waals surface area contributed by atoms with Gasteiger partial charge in [0.05, 0.1) is 10.5 Å². The molecule has 1 saturated heterocycles. The van der Waals surface area contributed by atoms with Crippen LogP contribution in [0, 0.1) is 0 Å². The molecule has 0 spiro atoms. The topological polar surface area (TPSA) is 49.4 Å². The molecule has 2 rings (SSSR count). The Morgan fingerprint density at radius 1 is 1.35 bits per heavy atom. The van der Waals surface area contributed by atoms with Crippen LogP contribution in [0.2, 0.25) is 5.02 Å². The van der Waals surface area contributed by atoms with Crippen LogP contribution in [0.25, 0.3) is 0 Å². The van der Waals surface area contributed by atoms with Gasteiger partial charge in [-0.15, -0.1) is 0 Å². The normalized spacial score (nSPS) is 17.3. The number of likely N-dealkylation sites (N-methyl/N-ethyl adjacent to an activating group) is 1. The molecule has 1 fully saturated rings. The molecule has 0 aromatic heterocycles. The van der Waals surface area contributed by atoms with E-state index in [4.69, 9.17) is 11.6 Å². The summed E-state index contributed by atoms with van der Waals surface area (Å²) in [7, 11) is -2.94.